The van der Waals surface area contributed by atoms with Crippen LogP contribution in [-0.4, -0.2) is 12.1 Å². The number of ether oxygens (including phenoxy) is 2. The highest BCUT2D eigenvalue weighted by atomic mass is 35.5. The summed E-state index contributed by atoms with van der Waals surface area (Å²) in [5.74, 6) is 1.32. The molecular weight excluding hydrogens is 401 g/mol. The van der Waals surface area contributed by atoms with Gasteiger partial charge in [0, 0.05) is 5.56 Å². The summed E-state index contributed by atoms with van der Waals surface area (Å²) >= 11 is 13.7. The molecule has 1 aromatic heterocycles. The fraction of sp³-hybridized carbons (Fsp3) is 0.0952. The van der Waals surface area contributed by atoms with Crippen molar-refractivity contribution in [3.8, 4) is 22.1 Å². The third kappa shape index (κ3) is 3.88. The van der Waals surface area contributed by atoms with Gasteiger partial charge in [-0.25, -0.2) is 4.98 Å². The van der Waals surface area contributed by atoms with Crippen LogP contribution in [0.25, 0.3) is 20.8 Å². The average Bonchev–Trinajstić information content (AvgIpc) is 3.13. The molecule has 1 heterocycles. The molecule has 0 spiro atoms. The van der Waals surface area contributed by atoms with Crippen LogP contribution in [0, 0.1) is 0 Å². The van der Waals surface area contributed by atoms with Crippen molar-refractivity contribution < 1.29 is 9.47 Å². The monoisotopic (exact) mass is 415 g/mol. The number of benzene rings is 3. The van der Waals surface area contributed by atoms with Crippen LogP contribution in [0.3, 0.4) is 0 Å². The molecule has 0 saturated carbocycles. The molecule has 3 nitrogen and oxygen atoms in total. The van der Waals surface area contributed by atoms with Crippen LogP contribution in [0.2, 0.25) is 10.0 Å². The predicted molar refractivity (Wildman–Crippen MR) is 112 cm³/mol. The predicted octanol–water partition coefficient (Wildman–Crippen LogP) is 6.86. The standard InChI is InChI=1S/C21H15Cl2NO2S/c1-25-19-11-14(21-24-17-4-2-3-5-20(17)27-21)7-9-18(19)26-12-13-6-8-15(22)16(23)10-13/h2-11H,12H2,1H3. The van der Waals surface area contributed by atoms with Crippen molar-refractivity contribution in [3.05, 3.63) is 76.3 Å². The summed E-state index contributed by atoms with van der Waals surface area (Å²) in [4.78, 5) is 4.69. The SMILES string of the molecule is COc1cc(-c2nc3ccccc3s2)ccc1OCc1ccc(Cl)c(Cl)c1. The molecule has 0 aliphatic carbocycles. The molecular formula is C21H15Cl2NO2S. The van der Waals surface area contributed by atoms with E-state index in [4.69, 9.17) is 37.7 Å². The third-order valence-electron chi connectivity index (χ3n) is 4.08. The lowest BCUT2D eigenvalue weighted by Gasteiger charge is -2.12. The largest absolute Gasteiger partial charge is 0.493 e. The number of para-hydroxylation sites is 1. The van der Waals surface area contributed by atoms with E-state index < -0.39 is 0 Å². The molecule has 0 atom stereocenters. The Morgan fingerprint density at radius 3 is 2.56 bits per heavy atom. The normalized spacial score (nSPS) is 10.9. The average molecular weight is 416 g/mol. The van der Waals surface area contributed by atoms with Crippen LogP contribution >= 0.6 is 34.5 Å². The molecule has 4 rings (SSSR count). The molecule has 4 aromatic rings. The van der Waals surface area contributed by atoms with E-state index in [9.17, 15) is 0 Å². The van der Waals surface area contributed by atoms with E-state index in [1.165, 1.54) is 0 Å². The Hall–Kier alpha value is -2.27. The van der Waals surface area contributed by atoms with Crippen molar-refractivity contribution in [2.75, 3.05) is 7.11 Å². The maximum atomic E-state index is 6.06. The van der Waals surface area contributed by atoms with E-state index in [0.29, 0.717) is 28.2 Å². The summed E-state index contributed by atoms with van der Waals surface area (Å²) in [5, 5.41) is 1.99. The minimum atomic E-state index is 0.369. The van der Waals surface area contributed by atoms with E-state index in [2.05, 4.69) is 6.07 Å². The summed E-state index contributed by atoms with van der Waals surface area (Å²) in [6.07, 6.45) is 0. The van der Waals surface area contributed by atoms with Gasteiger partial charge < -0.3 is 9.47 Å². The van der Waals surface area contributed by atoms with Gasteiger partial charge in [0.25, 0.3) is 0 Å². The van der Waals surface area contributed by atoms with Crippen molar-refractivity contribution in [2.45, 2.75) is 6.61 Å². The molecule has 0 N–H and O–H groups in total. The second kappa shape index (κ2) is 7.77. The van der Waals surface area contributed by atoms with Crippen molar-refractivity contribution in [1.29, 1.82) is 0 Å². The van der Waals surface area contributed by atoms with Gasteiger partial charge in [0.2, 0.25) is 0 Å². The van der Waals surface area contributed by atoms with E-state index in [0.717, 1.165) is 26.4 Å². The zero-order valence-electron chi connectivity index (χ0n) is 14.4. The Labute approximate surface area is 171 Å². The third-order valence-corrected chi connectivity index (χ3v) is 5.91. The molecule has 0 saturated heterocycles. The Bertz CT molecular complexity index is 1080. The Morgan fingerprint density at radius 2 is 1.78 bits per heavy atom. The second-order valence-electron chi connectivity index (χ2n) is 5.89. The number of hydrogen-bond acceptors (Lipinski definition) is 4. The molecule has 6 heteroatoms. The van der Waals surface area contributed by atoms with E-state index in [-0.39, 0.29) is 0 Å². The quantitative estimate of drug-likeness (QED) is 0.356. The van der Waals surface area contributed by atoms with Crippen molar-refractivity contribution in [3.63, 3.8) is 0 Å². The fourth-order valence-electron chi connectivity index (χ4n) is 2.71. The first kappa shape index (κ1) is 18.1. The Morgan fingerprint density at radius 1 is 0.926 bits per heavy atom. The number of nitrogens with zero attached hydrogens (tertiary/aromatic N) is 1. The number of halogens is 2. The van der Waals surface area contributed by atoms with Crippen LogP contribution in [0.5, 0.6) is 11.5 Å². The molecule has 0 aliphatic heterocycles. The second-order valence-corrected chi connectivity index (χ2v) is 7.73. The van der Waals surface area contributed by atoms with Crippen molar-refractivity contribution in [2.24, 2.45) is 0 Å². The van der Waals surface area contributed by atoms with Gasteiger partial charge in [-0.15, -0.1) is 11.3 Å². The lowest BCUT2D eigenvalue weighted by atomic mass is 10.2. The summed E-state index contributed by atoms with van der Waals surface area (Å²) < 4.78 is 12.6. The molecule has 27 heavy (non-hydrogen) atoms. The van der Waals surface area contributed by atoms with E-state index in [1.54, 1.807) is 30.6 Å². The van der Waals surface area contributed by atoms with E-state index in [1.807, 2.05) is 42.5 Å². The van der Waals surface area contributed by atoms with Gasteiger partial charge in [-0.1, -0.05) is 41.4 Å². The molecule has 0 fully saturated rings. The van der Waals surface area contributed by atoms with Gasteiger partial charge in [-0.3, -0.25) is 0 Å². The van der Waals surface area contributed by atoms with Crippen LogP contribution in [0.4, 0.5) is 0 Å². The first-order chi connectivity index (χ1) is 13.1. The van der Waals surface area contributed by atoms with Crippen LogP contribution in [0.1, 0.15) is 5.56 Å². The minimum Gasteiger partial charge on any atom is -0.493 e. The number of rotatable bonds is 5. The number of methoxy groups -OCH3 is 1. The van der Waals surface area contributed by atoms with Crippen LogP contribution in [0.15, 0.2) is 60.7 Å². The van der Waals surface area contributed by atoms with Gasteiger partial charge >= 0.3 is 0 Å². The van der Waals surface area contributed by atoms with Gasteiger partial charge in [-0.2, -0.15) is 0 Å². The summed E-state index contributed by atoms with van der Waals surface area (Å²) in [7, 11) is 1.63. The molecule has 0 aliphatic rings. The van der Waals surface area contributed by atoms with Gasteiger partial charge in [0.15, 0.2) is 11.5 Å². The summed E-state index contributed by atoms with van der Waals surface area (Å²) in [5.41, 5.74) is 2.92. The van der Waals surface area contributed by atoms with Crippen molar-refractivity contribution in [1.82, 2.24) is 4.98 Å². The molecule has 0 unspecified atom stereocenters. The molecule has 3 aromatic carbocycles. The maximum Gasteiger partial charge on any atom is 0.161 e. The summed E-state index contributed by atoms with van der Waals surface area (Å²) in [6.45, 7) is 0.369. The zero-order valence-corrected chi connectivity index (χ0v) is 16.7. The van der Waals surface area contributed by atoms with Gasteiger partial charge in [0.1, 0.15) is 11.6 Å². The molecule has 0 bridgehead atoms. The fourth-order valence-corrected chi connectivity index (χ4v) is 3.99. The Kier molecular flexibility index (Phi) is 5.21. The highest BCUT2D eigenvalue weighted by Crippen LogP contribution is 2.36. The number of hydrogen-bond donors (Lipinski definition) is 0. The smallest absolute Gasteiger partial charge is 0.161 e. The number of thiazole rings is 1. The summed E-state index contributed by atoms with van der Waals surface area (Å²) in [6, 6.07) is 19.4. The van der Waals surface area contributed by atoms with E-state index >= 15 is 0 Å². The van der Waals surface area contributed by atoms with Gasteiger partial charge in [-0.05, 0) is 48.0 Å². The lowest BCUT2D eigenvalue weighted by molar-refractivity contribution is 0.284. The topological polar surface area (TPSA) is 31.4 Å². The highest BCUT2D eigenvalue weighted by molar-refractivity contribution is 7.21. The number of aromatic nitrogens is 1. The van der Waals surface area contributed by atoms with Crippen LogP contribution in [-0.2, 0) is 6.61 Å². The van der Waals surface area contributed by atoms with Crippen LogP contribution < -0.4 is 9.47 Å². The first-order valence-corrected chi connectivity index (χ1v) is 9.82. The first-order valence-electron chi connectivity index (χ1n) is 8.25. The number of fused-ring (bicyclic) bond motifs is 1. The highest BCUT2D eigenvalue weighted by Gasteiger charge is 2.11. The molecule has 0 radical (unpaired) electrons. The molecule has 136 valence electrons. The lowest BCUT2D eigenvalue weighted by Crippen LogP contribution is -1.98. The minimum absolute atomic E-state index is 0.369. The van der Waals surface area contributed by atoms with Crippen molar-refractivity contribution >= 4 is 44.8 Å². The van der Waals surface area contributed by atoms with Gasteiger partial charge in [0.05, 0.1) is 27.4 Å². The zero-order chi connectivity index (χ0) is 18.8. The molecule has 0 amide bonds. The Balaban J connectivity index is 1.58. The maximum absolute atomic E-state index is 6.06.